The van der Waals surface area contributed by atoms with Crippen LogP contribution in [-0.4, -0.2) is 11.1 Å². The summed E-state index contributed by atoms with van der Waals surface area (Å²) in [4.78, 5) is 11.5. The van der Waals surface area contributed by atoms with E-state index >= 15 is 0 Å². The number of benzene rings is 1. The molecule has 4 heteroatoms. The van der Waals surface area contributed by atoms with Crippen LogP contribution < -0.4 is 0 Å². The number of aliphatic hydroxyl groups excluding tert-OH is 1. The van der Waals surface area contributed by atoms with Crippen molar-refractivity contribution in [3.8, 4) is 6.07 Å². The number of carbonyl (C=O) groups is 1. The predicted octanol–water partition coefficient (Wildman–Crippen LogP) is 2.55. The molecule has 0 fully saturated rings. The zero-order valence-electron chi connectivity index (χ0n) is 11.3. The first-order valence-electron chi connectivity index (χ1n) is 6.22. The maximum atomic E-state index is 11.5. The lowest BCUT2D eigenvalue weighted by atomic mass is 9.90. The molecule has 0 aliphatic carbocycles. The van der Waals surface area contributed by atoms with Crippen molar-refractivity contribution >= 4 is 5.97 Å². The zero-order chi connectivity index (χ0) is 14.3. The highest BCUT2D eigenvalue weighted by Gasteiger charge is 2.18. The van der Waals surface area contributed by atoms with Crippen LogP contribution in [0.15, 0.2) is 24.3 Å². The van der Waals surface area contributed by atoms with E-state index in [1.54, 1.807) is 26.0 Å². The van der Waals surface area contributed by atoms with Gasteiger partial charge in [0.05, 0.1) is 18.1 Å². The van der Waals surface area contributed by atoms with Crippen LogP contribution in [0.25, 0.3) is 0 Å². The highest BCUT2D eigenvalue weighted by atomic mass is 16.5. The van der Waals surface area contributed by atoms with Gasteiger partial charge in [0.15, 0.2) is 0 Å². The van der Waals surface area contributed by atoms with E-state index in [1.807, 2.05) is 12.1 Å². The third kappa shape index (κ3) is 5.54. The number of nitriles is 1. The van der Waals surface area contributed by atoms with E-state index in [1.165, 1.54) is 0 Å². The van der Waals surface area contributed by atoms with E-state index in [4.69, 9.17) is 15.1 Å². The molecule has 0 heterocycles. The highest BCUT2D eigenvalue weighted by Crippen LogP contribution is 2.21. The van der Waals surface area contributed by atoms with Crippen molar-refractivity contribution in [1.82, 2.24) is 0 Å². The summed E-state index contributed by atoms with van der Waals surface area (Å²) in [5.41, 5.74) is 1.21. The Bertz CT molecular complexity index is 457. The Morgan fingerprint density at radius 1 is 1.32 bits per heavy atom. The van der Waals surface area contributed by atoms with Gasteiger partial charge in [0, 0.05) is 6.42 Å². The second kappa shape index (κ2) is 6.91. The molecule has 0 amide bonds. The molecule has 1 aromatic rings. The van der Waals surface area contributed by atoms with Gasteiger partial charge in [-0.3, -0.25) is 4.79 Å². The van der Waals surface area contributed by atoms with Crippen LogP contribution in [0.4, 0.5) is 0 Å². The standard InChI is InChI=1S/C15H19NO3/c1-15(2,11-16)8-7-14(18)19-10-13-5-3-12(9-17)4-6-13/h3-6,17H,7-10H2,1-2H3. The summed E-state index contributed by atoms with van der Waals surface area (Å²) in [6.07, 6.45) is 0.737. The molecule has 19 heavy (non-hydrogen) atoms. The Labute approximate surface area is 113 Å². The summed E-state index contributed by atoms with van der Waals surface area (Å²) < 4.78 is 5.13. The number of nitrogens with zero attached hydrogens (tertiary/aromatic N) is 1. The summed E-state index contributed by atoms with van der Waals surface area (Å²) >= 11 is 0. The van der Waals surface area contributed by atoms with Gasteiger partial charge in [-0.1, -0.05) is 24.3 Å². The second-order valence-electron chi connectivity index (χ2n) is 5.13. The van der Waals surface area contributed by atoms with Gasteiger partial charge in [0.25, 0.3) is 0 Å². The maximum Gasteiger partial charge on any atom is 0.306 e. The van der Waals surface area contributed by atoms with Gasteiger partial charge < -0.3 is 9.84 Å². The van der Waals surface area contributed by atoms with Crippen molar-refractivity contribution in [2.24, 2.45) is 5.41 Å². The number of esters is 1. The zero-order valence-corrected chi connectivity index (χ0v) is 11.3. The van der Waals surface area contributed by atoms with Crippen LogP contribution >= 0.6 is 0 Å². The summed E-state index contributed by atoms with van der Waals surface area (Å²) in [5, 5.41) is 17.7. The Morgan fingerprint density at radius 2 is 1.89 bits per heavy atom. The summed E-state index contributed by atoms with van der Waals surface area (Å²) in [7, 11) is 0. The van der Waals surface area contributed by atoms with Crippen molar-refractivity contribution in [2.45, 2.75) is 39.9 Å². The summed E-state index contributed by atoms with van der Waals surface area (Å²) in [5.74, 6) is -0.297. The number of hydrogen-bond donors (Lipinski definition) is 1. The number of aliphatic hydroxyl groups is 1. The predicted molar refractivity (Wildman–Crippen MR) is 70.8 cm³/mol. The molecule has 0 unspecified atom stereocenters. The van der Waals surface area contributed by atoms with Crippen LogP contribution in [0.3, 0.4) is 0 Å². The van der Waals surface area contributed by atoms with Crippen LogP contribution in [0, 0.1) is 16.7 Å². The van der Waals surface area contributed by atoms with Gasteiger partial charge in [0.2, 0.25) is 0 Å². The Kier molecular flexibility index (Phi) is 5.53. The smallest absolute Gasteiger partial charge is 0.306 e. The van der Waals surface area contributed by atoms with Gasteiger partial charge >= 0.3 is 5.97 Å². The molecule has 0 saturated carbocycles. The van der Waals surface area contributed by atoms with Crippen LogP contribution in [-0.2, 0) is 22.7 Å². The van der Waals surface area contributed by atoms with Crippen LogP contribution in [0.1, 0.15) is 37.8 Å². The SMILES string of the molecule is CC(C)(C#N)CCC(=O)OCc1ccc(CO)cc1. The molecule has 0 spiro atoms. The van der Waals surface area contributed by atoms with Crippen molar-refractivity contribution < 1.29 is 14.6 Å². The van der Waals surface area contributed by atoms with E-state index < -0.39 is 5.41 Å². The van der Waals surface area contributed by atoms with Crippen molar-refractivity contribution in [2.75, 3.05) is 0 Å². The minimum Gasteiger partial charge on any atom is -0.461 e. The van der Waals surface area contributed by atoms with Gasteiger partial charge in [-0.25, -0.2) is 0 Å². The lowest BCUT2D eigenvalue weighted by Crippen LogP contribution is -2.12. The lowest BCUT2D eigenvalue weighted by molar-refractivity contribution is -0.145. The average molecular weight is 261 g/mol. The number of ether oxygens (including phenoxy) is 1. The number of hydrogen-bond acceptors (Lipinski definition) is 4. The second-order valence-corrected chi connectivity index (χ2v) is 5.13. The fraction of sp³-hybridized carbons (Fsp3) is 0.467. The topological polar surface area (TPSA) is 70.3 Å². The van der Waals surface area contributed by atoms with E-state index in [0.29, 0.717) is 6.42 Å². The highest BCUT2D eigenvalue weighted by molar-refractivity contribution is 5.69. The molecule has 0 atom stereocenters. The molecule has 0 bridgehead atoms. The van der Waals surface area contributed by atoms with E-state index in [0.717, 1.165) is 11.1 Å². The largest absolute Gasteiger partial charge is 0.461 e. The van der Waals surface area contributed by atoms with Crippen molar-refractivity contribution in [3.05, 3.63) is 35.4 Å². The monoisotopic (exact) mass is 261 g/mol. The average Bonchev–Trinajstić information content (AvgIpc) is 2.43. The first-order chi connectivity index (χ1) is 8.96. The fourth-order valence-corrected chi connectivity index (χ4v) is 1.45. The molecule has 0 aliphatic rings. The molecule has 0 radical (unpaired) electrons. The first kappa shape index (κ1) is 15.2. The molecule has 1 rings (SSSR count). The van der Waals surface area contributed by atoms with Gasteiger partial charge in [-0.15, -0.1) is 0 Å². The molecule has 1 aromatic carbocycles. The normalized spacial score (nSPS) is 10.8. The quantitative estimate of drug-likeness (QED) is 0.799. The Balaban J connectivity index is 2.36. The van der Waals surface area contributed by atoms with Crippen molar-refractivity contribution in [1.29, 1.82) is 5.26 Å². The molecular weight excluding hydrogens is 242 g/mol. The molecule has 0 aliphatic heterocycles. The van der Waals surface area contributed by atoms with Crippen LogP contribution in [0.5, 0.6) is 0 Å². The Hall–Kier alpha value is -1.86. The minimum absolute atomic E-state index is 0.00328. The molecule has 4 nitrogen and oxygen atoms in total. The van der Waals surface area contributed by atoms with E-state index in [-0.39, 0.29) is 25.6 Å². The molecule has 0 saturated heterocycles. The fourth-order valence-electron chi connectivity index (χ4n) is 1.45. The molecular formula is C15H19NO3. The summed E-state index contributed by atoms with van der Waals surface area (Å²) in [6.45, 7) is 3.82. The Morgan fingerprint density at radius 3 is 2.42 bits per heavy atom. The first-order valence-corrected chi connectivity index (χ1v) is 6.22. The maximum absolute atomic E-state index is 11.5. The third-order valence-corrected chi connectivity index (χ3v) is 2.86. The number of rotatable bonds is 6. The summed E-state index contributed by atoms with van der Waals surface area (Å²) in [6, 6.07) is 9.37. The van der Waals surface area contributed by atoms with Gasteiger partial charge in [-0.2, -0.15) is 5.26 Å². The molecule has 1 N–H and O–H groups in total. The van der Waals surface area contributed by atoms with E-state index in [2.05, 4.69) is 6.07 Å². The van der Waals surface area contributed by atoms with Gasteiger partial charge in [0.1, 0.15) is 6.61 Å². The minimum atomic E-state index is -0.498. The van der Waals surface area contributed by atoms with Crippen molar-refractivity contribution in [3.63, 3.8) is 0 Å². The number of carbonyl (C=O) groups excluding carboxylic acids is 1. The van der Waals surface area contributed by atoms with E-state index in [9.17, 15) is 4.79 Å². The third-order valence-electron chi connectivity index (χ3n) is 2.86. The van der Waals surface area contributed by atoms with Crippen LogP contribution in [0.2, 0.25) is 0 Å². The lowest BCUT2D eigenvalue weighted by Gasteiger charge is -2.13. The van der Waals surface area contributed by atoms with Gasteiger partial charge in [-0.05, 0) is 31.4 Å². The molecule has 102 valence electrons. The molecule has 0 aromatic heterocycles.